The summed E-state index contributed by atoms with van der Waals surface area (Å²) in [6.07, 6.45) is 0. The average molecular weight is 282 g/mol. The molecule has 0 saturated carbocycles. The predicted molar refractivity (Wildman–Crippen MR) is 68.6 cm³/mol. The zero-order valence-corrected chi connectivity index (χ0v) is 10.4. The number of para-hydroxylation sites is 1. The molecule has 0 aromatic heterocycles. The number of hydrogen-bond acceptors (Lipinski definition) is 3. The molecule has 0 spiro atoms. The SMILES string of the molecule is NNC(c1ccccc1F)c1ccccc1OC(F)F. The minimum Gasteiger partial charge on any atom is -0.434 e. The number of rotatable bonds is 5. The number of alkyl halides is 2. The van der Waals surface area contributed by atoms with Gasteiger partial charge in [0.2, 0.25) is 0 Å². The Labute approximate surface area is 114 Å². The van der Waals surface area contributed by atoms with Crippen LogP contribution in [0.1, 0.15) is 17.2 Å². The summed E-state index contributed by atoms with van der Waals surface area (Å²) in [5, 5.41) is 0. The lowest BCUT2D eigenvalue weighted by atomic mass is 9.98. The van der Waals surface area contributed by atoms with Gasteiger partial charge in [-0.3, -0.25) is 5.84 Å². The van der Waals surface area contributed by atoms with Crippen molar-refractivity contribution >= 4 is 0 Å². The maximum Gasteiger partial charge on any atom is 0.387 e. The fraction of sp³-hybridized carbons (Fsp3) is 0.143. The number of benzene rings is 2. The fourth-order valence-electron chi connectivity index (χ4n) is 1.98. The van der Waals surface area contributed by atoms with Crippen LogP contribution in [-0.2, 0) is 0 Å². The largest absolute Gasteiger partial charge is 0.434 e. The number of hydrazine groups is 1. The van der Waals surface area contributed by atoms with Crippen molar-refractivity contribution < 1.29 is 17.9 Å². The first-order chi connectivity index (χ1) is 9.63. The Morgan fingerprint density at radius 1 is 0.950 bits per heavy atom. The van der Waals surface area contributed by atoms with Crippen LogP contribution < -0.4 is 16.0 Å². The second-order valence-corrected chi connectivity index (χ2v) is 4.04. The lowest BCUT2D eigenvalue weighted by Gasteiger charge is -2.20. The van der Waals surface area contributed by atoms with Crippen molar-refractivity contribution in [3.63, 3.8) is 0 Å². The summed E-state index contributed by atoms with van der Waals surface area (Å²) in [7, 11) is 0. The van der Waals surface area contributed by atoms with E-state index in [1.54, 1.807) is 24.3 Å². The van der Waals surface area contributed by atoms with Crippen molar-refractivity contribution in [1.29, 1.82) is 0 Å². The molecule has 2 rings (SSSR count). The van der Waals surface area contributed by atoms with E-state index in [9.17, 15) is 13.2 Å². The predicted octanol–water partition coefficient (Wildman–Crippen LogP) is 2.98. The van der Waals surface area contributed by atoms with Gasteiger partial charge in [0.05, 0.1) is 6.04 Å². The van der Waals surface area contributed by atoms with Crippen LogP contribution in [0.15, 0.2) is 48.5 Å². The van der Waals surface area contributed by atoms with Crippen LogP contribution in [0.2, 0.25) is 0 Å². The van der Waals surface area contributed by atoms with E-state index in [4.69, 9.17) is 5.84 Å². The van der Waals surface area contributed by atoms with Crippen LogP contribution in [-0.4, -0.2) is 6.61 Å². The van der Waals surface area contributed by atoms with Crippen LogP contribution in [0, 0.1) is 5.82 Å². The van der Waals surface area contributed by atoms with Crippen molar-refractivity contribution in [3.8, 4) is 5.75 Å². The van der Waals surface area contributed by atoms with Gasteiger partial charge in [-0.25, -0.2) is 9.82 Å². The van der Waals surface area contributed by atoms with Gasteiger partial charge < -0.3 is 4.74 Å². The van der Waals surface area contributed by atoms with E-state index in [2.05, 4.69) is 10.2 Å². The second kappa shape index (κ2) is 6.40. The van der Waals surface area contributed by atoms with Gasteiger partial charge in [-0.1, -0.05) is 36.4 Å². The van der Waals surface area contributed by atoms with Gasteiger partial charge in [0, 0.05) is 11.1 Å². The highest BCUT2D eigenvalue weighted by molar-refractivity contribution is 5.41. The molecule has 3 nitrogen and oxygen atoms in total. The van der Waals surface area contributed by atoms with Crippen LogP contribution in [0.3, 0.4) is 0 Å². The molecule has 0 radical (unpaired) electrons. The number of hydrogen-bond donors (Lipinski definition) is 2. The van der Waals surface area contributed by atoms with Gasteiger partial charge in [0.15, 0.2) is 0 Å². The highest BCUT2D eigenvalue weighted by Crippen LogP contribution is 2.31. The molecule has 1 atom stereocenters. The third-order valence-electron chi connectivity index (χ3n) is 2.83. The Morgan fingerprint density at radius 3 is 2.15 bits per heavy atom. The van der Waals surface area contributed by atoms with E-state index < -0.39 is 18.5 Å². The van der Waals surface area contributed by atoms with Gasteiger partial charge in [-0.15, -0.1) is 0 Å². The molecule has 0 aliphatic rings. The summed E-state index contributed by atoms with van der Waals surface area (Å²) in [6, 6.07) is 11.3. The zero-order valence-electron chi connectivity index (χ0n) is 10.4. The summed E-state index contributed by atoms with van der Waals surface area (Å²) >= 11 is 0. The van der Waals surface area contributed by atoms with Gasteiger partial charge >= 0.3 is 6.61 Å². The standard InChI is InChI=1S/C14H13F3N2O/c15-11-7-3-1-5-9(11)13(19-18)10-6-2-4-8-12(10)20-14(16)17/h1-8,13-14,19H,18H2. The molecule has 6 heteroatoms. The first-order valence-electron chi connectivity index (χ1n) is 5.87. The smallest absolute Gasteiger partial charge is 0.387 e. The van der Waals surface area contributed by atoms with Crippen LogP contribution >= 0.6 is 0 Å². The Morgan fingerprint density at radius 2 is 1.55 bits per heavy atom. The van der Waals surface area contributed by atoms with Crippen molar-refractivity contribution in [2.45, 2.75) is 12.7 Å². The average Bonchev–Trinajstić information content (AvgIpc) is 2.43. The molecule has 106 valence electrons. The summed E-state index contributed by atoms with van der Waals surface area (Å²) in [5.74, 6) is 4.91. The first kappa shape index (κ1) is 14.4. The topological polar surface area (TPSA) is 47.3 Å². The first-order valence-corrected chi connectivity index (χ1v) is 5.87. The highest BCUT2D eigenvalue weighted by atomic mass is 19.3. The monoisotopic (exact) mass is 282 g/mol. The number of halogens is 3. The molecule has 0 heterocycles. The van der Waals surface area contributed by atoms with Crippen molar-refractivity contribution in [3.05, 3.63) is 65.5 Å². The Bertz CT molecular complexity index is 578. The molecule has 0 bridgehead atoms. The molecule has 0 saturated heterocycles. The molecule has 20 heavy (non-hydrogen) atoms. The van der Waals surface area contributed by atoms with Crippen molar-refractivity contribution in [2.24, 2.45) is 5.84 Å². The lowest BCUT2D eigenvalue weighted by molar-refractivity contribution is -0.0506. The van der Waals surface area contributed by atoms with Crippen molar-refractivity contribution in [1.82, 2.24) is 5.43 Å². The molecule has 0 aliphatic heterocycles. The molecule has 0 amide bonds. The maximum atomic E-state index is 13.8. The number of nitrogens with two attached hydrogens (primary N) is 1. The highest BCUT2D eigenvalue weighted by Gasteiger charge is 2.21. The Hall–Kier alpha value is -2.05. The minimum absolute atomic E-state index is 0.0475. The van der Waals surface area contributed by atoms with E-state index in [1.165, 1.54) is 24.3 Å². The molecular formula is C14H13F3N2O. The Kier molecular flexibility index (Phi) is 4.60. The van der Waals surface area contributed by atoms with E-state index >= 15 is 0 Å². The minimum atomic E-state index is -2.96. The summed E-state index contributed by atoms with van der Waals surface area (Å²) in [6.45, 7) is -2.96. The Balaban J connectivity index is 2.45. The van der Waals surface area contributed by atoms with E-state index in [1.807, 2.05) is 0 Å². The summed E-state index contributed by atoms with van der Waals surface area (Å²) in [4.78, 5) is 0. The summed E-state index contributed by atoms with van der Waals surface area (Å²) in [5.41, 5.74) is 3.01. The lowest BCUT2D eigenvalue weighted by Crippen LogP contribution is -2.30. The van der Waals surface area contributed by atoms with Gasteiger partial charge in [-0.2, -0.15) is 8.78 Å². The molecule has 2 aromatic carbocycles. The molecule has 0 fully saturated rings. The van der Waals surface area contributed by atoms with Crippen molar-refractivity contribution in [2.75, 3.05) is 0 Å². The molecule has 2 aromatic rings. The number of ether oxygens (including phenoxy) is 1. The second-order valence-electron chi connectivity index (χ2n) is 4.04. The van der Waals surface area contributed by atoms with Gasteiger partial charge in [-0.05, 0) is 12.1 Å². The molecule has 3 N–H and O–H groups in total. The van der Waals surface area contributed by atoms with E-state index in [-0.39, 0.29) is 11.3 Å². The molecule has 0 aliphatic carbocycles. The fourth-order valence-corrected chi connectivity index (χ4v) is 1.98. The molecular weight excluding hydrogens is 269 g/mol. The number of nitrogens with one attached hydrogen (secondary N) is 1. The summed E-state index contributed by atoms with van der Waals surface area (Å²) < 4.78 is 43.1. The van der Waals surface area contributed by atoms with E-state index in [0.717, 1.165) is 0 Å². The van der Waals surface area contributed by atoms with Gasteiger partial charge in [0.25, 0.3) is 0 Å². The quantitative estimate of drug-likeness (QED) is 0.654. The normalized spacial score (nSPS) is 12.4. The zero-order chi connectivity index (χ0) is 14.5. The third-order valence-corrected chi connectivity index (χ3v) is 2.83. The van der Waals surface area contributed by atoms with Crippen LogP contribution in [0.25, 0.3) is 0 Å². The third kappa shape index (κ3) is 3.09. The van der Waals surface area contributed by atoms with E-state index in [0.29, 0.717) is 5.56 Å². The van der Waals surface area contributed by atoms with Crippen LogP contribution in [0.4, 0.5) is 13.2 Å². The molecule has 1 unspecified atom stereocenters. The maximum absolute atomic E-state index is 13.8. The van der Waals surface area contributed by atoms with Gasteiger partial charge in [0.1, 0.15) is 11.6 Å². The van der Waals surface area contributed by atoms with Crippen LogP contribution in [0.5, 0.6) is 5.75 Å².